The molecule has 116 valence electrons. The molecule has 0 aliphatic rings. The maximum Gasteiger partial charge on any atom is 0.355 e. The zero-order chi connectivity index (χ0) is 16.2. The van der Waals surface area contributed by atoms with Crippen molar-refractivity contribution in [3.05, 3.63) is 28.1 Å². The molecular formula is C13H19N3O5. The molecule has 0 saturated heterocycles. The third-order valence-electron chi connectivity index (χ3n) is 3.11. The van der Waals surface area contributed by atoms with E-state index in [2.05, 4.69) is 5.32 Å². The van der Waals surface area contributed by atoms with E-state index in [1.165, 1.54) is 17.8 Å². The van der Waals surface area contributed by atoms with E-state index in [0.29, 0.717) is 0 Å². The highest BCUT2D eigenvalue weighted by Crippen LogP contribution is 2.16. The summed E-state index contributed by atoms with van der Waals surface area (Å²) < 4.78 is 6.15. The first-order chi connectivity index (χ1) is 9.66. The number of ether oxygens (including phenoxy) is 1. The summed E-state index contributed by atoms with van der Waals surface area (Å²) in [7, 11) is 1.49. The quantitative estimate of drug-likeness (QED) is 0.485. The Balaban J connectivity index is 2.62. The van der Waals surface area contributed by atoms with Gasteiger partial charge in [0.25, 0.3) is 11.6 Å². The summed E-state index contributed by atoms with van der Waals surface area (Å²) >= 11 is 0. The second-order valence-corrected chi connectivity index (χ2v) is 5.31. The smallest absolute Gasteiger partial charge is 0.355 e. The predicted octanol–water partition coefficient (Wildman–Crippen LogP) is 1.39. The Morgan fingerprint density at radius 1 is 1.48 bits per heavy atom. The fourth-order valence-electron chi connectivity index (χ4n) is 1.56. The minimum absolute atomic E-state index is 0.0178. The number of nitro groups is 1. The molecule has 8 nitrogen and oxygen atoms in total. The lowest BCUT2D eigenvalue weighted by molar-refractivity contribution is -0.384. The summed E-state index contributed by atoms with van der Waals surface area (Å²) in [6, 6.07) is 1.11. The van der Waals surface area contributed by atoms with Gasteiger partial charge >= 0.3 is 5.97 Å². The van der Waals surface area contributed by atoms with Gasteiger partial charge in [0, 0.05) is 18.7 Å². The molecule has 8 heteroatoms. The first kappa shape index (κ1) is 16.7. The lowest BCUT2D eigenvalue weighted by atomic mass is 10.0. The summed E-state index contributed by atoms with van der Waals surface area (Å²) in [5.74, 6) is -1.20. The normalized spacial score (nSPS) is 11.0. The van der Waals surface area contributed by atoms with E-state index >= 15 is 0 Å². The third-order valence-corrected chi connectivity index (χ3v) is 3.11. The highest BCUT2D eigenvalue weighted by molar-refractivity contribution is 5.90. The van der Waals surface area contributed by atoms with Crippen molar-refractivity contribution in [1.82, 2.24) is 9.88 Å². The molecule has 1 aromatic rings. The highest BCUT2D eigenvalue weighted by Gasteiger charge is 2.21. The summed E-state index contributed by atoms with van der Waals surface area (Å²) in [5, 5.41) is 13.3. The van der Waals surface area contributed by atoms with Gasteiger partial charge in [-0.2, -0.15) is 0 Å². The molecule has 0 saturated carbocycles. The van der Waals surface area contributed by atoms with Crippen LogP contribution in [0.25, 0.3) is 0 Å². The molecule has 0 bridgehead atoms. The number of amides is 1. The molecule has 0 spiro atoms. The van der Waals surface area contributed by atoms with Crippen LogP contribution >= 0.6 is 0 Å². The van der Waals surface area contributed by atoms with Crippen LogP contribution in [0.15, 0.2) is 12.3 Å². The highest BCUT2D eigenvalue weighted by atomic mass is 16.6. The van der Waals surface area contributed by atoms with Crippen molar-refractivity contribution in [2.75, 3.05) is 6.61 Å². The van der Waals surface area contributed by atoms with Crippen molar-refractivity contribution in [3.63, 3.8) is 0 Å². The molecule has 0 aliphatic heterocycles. The number of nitrogens with one attached hydrogen (secondary N) is 1. The lowest BCUT2D eigenvalue weighted by Crippen LogP contribution is -2.44. The molecule has 0 radical (unpaired) electrons. The van der Waals surface area contributed by atoms with E-state index in [9.17, 15) is 19.7 Å². The Kier molecular flexibility index (Phi) is 5.07. The van der Waals surface area contributed by atoms with Crippen LogP contribution in [0.4, 0.5) is 5.69 Å². The lowest BCUT2D eigenvalue weighted by Gasteiger charge is -2.24. The Hall–Kier alpha value is -2.38. The Morgan fingerprint density at radius 2 is 2.10 bits per heavy atom. The summed E-state index contributed by atoms with van der Waals surface area (Å²) in [6.45, 7) is 5.21. The van der Waals surface area contributed by atoms with Gasteiger partial charge in [-0.3, -0.25) is 14.9 Å². The fraction of sp³-hybridized carbons (Fsp3) is 0.538. The van der Waals surface area contributed by atoms with Gasteiger partial charge in [-0.05, 0) is 20.3 Å². The van der Waals surface area contributed by atoms with E-state index in [-0.39, 0.29) is 16.9 Å². The molecule has 1 aromatic heterocycles. The van der Waals surface area contributed by atoms with Crippen molar-refractivity contribution in [1.29, 1.82) is 0 Å². The predicted molar refractivity (Wildman–Crippen MR) is 74.9 cm³/mol. The van der Waals surface area contributed by atoms with Crippen molar-refractivity contribution >= 4 is 17.6 Å². The van der Waals surface area contributed by atoms with Gasteiger partial charge in [-0.15, -0.1) is 0 Å². The van der Waals surface area contributed by atoms with Gasteiger partial charge in [0.2, 0.25) is 0 Å². The number of aromatic nitrogens is 1. The van der Waals surface area contributed by atoms with Crippen molar-refractivity contribution in [3.8, 4) is 0 Å². The minimum Gasteiger partial charge on any atom is -0.451 e. The maximum absolute atomic E-state index is 11.8. The van der Waals surface area contributed by atoms with Gasteiger partial charge in [0.05, 0.1) is 11.1 Å². The number of carbonyl (C=O) groups is 2. The third kappa shape index (κ3) is 4.59. The Morgan fingerprint density at radius 3 is 2.57 bits per heavy atom. The van der Waals surface area contributed by atoms with Crippen LogP contribution in [-0.2, 0) is 16.6 Å². The summed E-state index contributed by atoms with van der Waals surface area (Å²) in [5.41, 5.74) is -0.571. The molecule has 1 amide bonds. The Bertz CT molecular complexity index is 562. The Labute approximate surface area is 122 Å². The summed E-state index contributed by atoms with van der Waals surface area (Å²) in [4.78, 5) is 33.5. The van der Waals surface area contributed by atoms with E-state index in [1.807, 2.05) is 20.8 Å². The first-order valence-electron chi connectivity index (χ1n) is 6.45. The van der Waals surface area contributed by atoms with Crippen molar-refractivity contribution < 1.29 is 19.2 Å². The van der Waals surface area contributed by atoms with Gasteiger partial charge < -0.3 is 14.6 Å². The van der Waals surface area contributed by atoms with E-state index in [0.717, 1.165) is 12.5 Å². The van der Waals surface area contributed by atoms with Crippen LogP contribution < -0.4 is 5.32 Å². The van der Waals surface area contributed by atoms with E-state index in [4.69, 9.17) is 4.74 Å². The largest absolute Gasteiger partial charge is 0.451 e. The maximum atomic E-state index is 11.8. The van der Waals surface area contributed by atoms with Crippen LogP contribution in [0, 0.1) is 10.1 Å². The molecule has 0 unspecified atom stereocenters. The number of aryl methyl sites for hydroxylation is 1. The van der Waals surface area contributed by atoms with E-state index < -0.39 is 23.4 Å². The second-order valence-electron chi connectivity index (χ2n) is 5.31. The van der Waals surface area contributed by atoms with Gasteiger partial charge in [0.15, 0.2) is 6.61 Å². The molecule has 1 heterocycles. The van der Waals surface area contributed by atoms with Gasteiger partial charge in [-0.1, -0.05) is 6.92 Å². The van der Waals surface area contributed by atoms with Crippen LogP contribution in [0.3, 0.4) is 0 Å². The average Bonchev–Trinajstić information content (AvgIpc) is 2.78. The number of hydrogen-bond acceptors (Lipinski definition) is 5. The fourth-order valence-corrected chi connectivity index (χ4v) is 1.56. The first-order valence-corrected chi connectivity index (χ1v) is 6.45. The zero-order valence-corrected chi connectivity index (χ0v) is 12.5. The number of carbonyl (C=O) groups excluding carboxylic acids is 2. The number of esters is 1. The monoisotopic (exact) mass is 297 g/mol. The van der Waals surface area contributed by atoms with Crippen LogP contribution in [0.5, 0.6) is 0 Å². The zero-order valence-electron chi connectivity index (χ0n) is 12.5. The molecule has 1 rings (SSSR count). The average molecular weight is 297 g/mol. The molecule has 0 aliphatic carbocycles. The molecule has 1 N–H and O–H groups in total. The number of hydrogen-bond donors (Lipinski definition) is 1. The SMILES string of the molecule is CCC(C)(C)NC(=O)COC(=O)c1cc([N+](=O)[O-])cn1C. The number of nitrogens with zero attached hydrogens (tertiary/aromatic N) is 2. The molecule has 0 atom stereocenters. The topological polar surface area (TPSA) is 103 Å². The molecule has 0 fully saturated rings. The molecule has 0 aromatic carbocycles. The van der Waals surface area contributed by atoms with E-state index in [1.54, 1.807) is 0 Å². The van der Waals surface area contributed by atoms with Crippen LogP contribution in [0.1, 0.15) is 37.7 Å². The van der Waals surface area contributed by atoms with Crippen LogP contribution in [-0.4, -0.2) is 33.5 Å². The second kappa shape index (κ2) is 6.38. The van der Waals surface area contributed by atoms with Gasteiger partial charge in [0.1, 0.15) is 5.69 Å². The standard InChI is InChI=1S/C13H19N3O5/c1-5-13(2,3)14-11(17)8-21-12(18)10-6-9(16(19)20)7-15(10)4/h6-7H,5,8H2,1-4H3,(H,14,17). The van der Waals surface area contributed by atoms with Gasteiger partial charge in [-0.25, -0.2) is 4.79 Å². The van der Waals surface area contributed by atoms with Crippen molar-refractivity contribution in [2.45, 2.75) is 32.7 Å². The summed E-state index contributed by atoms with van der Waals surface area (Å²) in [6.07, 6.45) is 1.94. The minimum atomic E-state index is -0.782. The van der Waals surface area contributed by atoms with Crippen molar-refractivity contribution in [2.24, 2.45) is 7.05 Å². The molecule has 21 heavy (non-hydrogen) atoms. The number of rotatable bonds is 6. The van der Waals surface area contributed by atoms with Crippen LogP contribution in [0.2, 0.25) is 0 Å². The molecular weight excluding hydrogens is 278 g/mol.